The molecule has 1 fully saturated rings. The number of rotatable bonds is 5. The molecule has 116 valence electrons. The summed E-state index contributed by atoms with van der Waals surface area (Å²) in [5.74, 6) is 0. The van der Waals surface area contributed by atoms with E-state index < -0.39 is 5.24 Å². The fraction of sp³-hybridized carbons (Fsp3) is 0.562. The van der Waals surface area contributed by atoms with Crippen LogP contribution in [0.2, 0.25) is 0 Å². The van der Waals surface area contributed by atoms with Gasteiger partial charge in [-0.05, 0) is 64.6 Å². The average Bonchev–Trinajstić information content (AvgIpc) is 2.49. The summed E-state index contributed by atoms with van der Waals surface area (Å²) in [4.78, 5) is 13.9. The van der Waals surface area contributed by atoms with Crippen molar-refractivity contribution in [2.45, 2.75) is 51.6 Å². The lowest BCUT2D eigenvalue weighted by molar-refractivity contribution is 0.108. The lowest BCUT2D eigenvalue weighted by Gasteiger charge is -2.34. The lowest BCUT2D eigenvalue weighted by Crippen LogP contribution is -2.36. The van der Waals surface area contributed by atoms with Crippen molar-refractivity contribution in [2.75, 3.05) is 12.3 Å². The van der Waals surface area contributed by atoms with Gasteiger partial charge in [0.1, 0.15) is 0 Å². The van der Waals surface area contributed by atoms with E-state index >= 15 is 0 Å². The Hall–Kier alpha value is -0.580. The number of nitrogens with two attached hydrogens (primary N) is 1. The largest absolute Gasteiger partial charge is 0.398 e. The lowest BCUT2D eigenvalue weighted by atomic mass is 9.93. The zero-order valence-electron chi connectivity index (χ0n) is 12.4. The van der Waals surface area contributed by atoms with Crippen LogP contribution >= 0.6 is 27.5 Å². The smallest absolute Gasteiger partial charge is 0.252 e. The van der Waals surface area contributed by atoms with Crippen LogP contribution in [0.1, 0.15) is 54.9 Å². The van der Waals surface area contributed by atoms with Crippen molar-refractivity contribution in [1.82, 2.24) is 4.90 Å². The fourth-order valence-corrected chi connectivity index (χ4v) is 3.69. The number of nitrogen functional groups attached to an aromatic ring is 1. The Bertz CT molecular complexity index is 515. The Labute approximate surface area is 140 Å². The molecule has 2 rings (SSSR count). The molecule has 0 spiro atoms. The Balaban J connectivity index is 2.21. The van der Waals surface area contributed by atoms with Crippen molar-refractivity contribution >= 4 is 38.5 Å². The van der Waals surface area contributed by atoms with E-state index in [4.69, 9.17) is 17.3 Å². The Morgan fingerprint density at radius 1 is 1.38 bits per heavy atom. The number of anilines is 1. The molecule has 0 heterocycles. The van der Waals surface area contributed by atoms with Gasteiger partial charge < -0.3 is 5.73 Å². The number of carbonyl (C=O) groups is 1. The van der Waals surface area contributed by atoms with Crippen molar-refractivity contribution in [3.8, 4) is 0 Å². The molecule has 0 atom stereocenters. The van der Waals surface area contributed by atoms with E-state index in [0.29, 0.717) is 17.3 Å². The SMILES string of the molecule is CCN(Cc1cc(C(=O)Cl)cc(Br)c1N)C1CCCCC1. The molecule has 2 N–H and O–H groups in total. The highest BCUT2D eigenvalue weighted by atomic mass is 79.9. The number of carbonyl (C=O) groups excluding carboxylic acids is 1. The summed E-state index contributed by atoms with van der Waals surface area (Å²) in [6.07, 6.45) is 6.46. The molecule has 5 heteroatoms. The van der Waals surface area contributed by atoms with Gasteiger partial charge >= 0.3 is 0 Å². The molecule has 0 bridgehead atoms. The summed E-state index contributed by atoms with van der Waals surface area (Å²) >= 11 is 9.02. The summed E-state index contributed by atoms with van der Waals surface area (Å²) in [7, 11) is 0. The van der Waals surface area contributed by atoms with Gasteiger partial charge in [-0.1, -0.05) is 26.2 Å². The predicted molar refractivity (Wildman–Crippen MR) is 91.7 cm³/mol. The molecule has 3 nitrogen and oxygen atoms in total. The Morgan fingerprint density at radius 3 is 2.62 bits per heavy atom. The molecule has 1 saturated carbocycles. The van der Waals surface area contributed by atoms with Crippen molar-refractivity contribution in [3.63, 3.8) is 0 Å². The van der Waals surface area contributed by atoms with Gasteiger partial charge in [0.25, 0.3) is 5.24 Å². The first-order chi connectivity index (χ1) is 10.0. The van der Waals surface area contributed by atoms with Gasteiger partial charge in [-0.2, -0.15) is 0 Å². The maximum absolute atomic E-state index is 11.4. The Kier molecular flexibility index (Phi) is 6.08. The number of hydrogen-bond acceptors (Lipinski definition) is 3. The first-order valence-corrected chi connectivity index (χ1v) is 8.71. The van der Waals surface area contributed by atoms with E-state index in [9.17, 15) is 4.79 Å². The van der Waals surface area contributed by atoms with E-state index in [1.807, 2.05) is 6.07 Å². The minimum Gasteiger partial charge on any atom is -0.398 e. The molecule has 0 saturated heterocycles. The van der Waals surface area contributed by atoms with Crippen LogP contribution in [-0.2, 0) is 6.54 Å². The number of benzene rings is 1. The second-order valence-electron chi connectivity index (χ2n) is 5.66. The zero-order chi connectivity index (χ0) is 15.4. The maximum atomic E-state index is 11.4. The topological polar surface area (TPSA) is 46.3 Å². The maximum Gasteiger partial charge on any atom is 0.252 e. The van der Waals surface area contributed by atoms with E-state index in [1.54, 1.807) is 6.07 Å². The molecule has 1 aromatic rings. The molecule has 0 unspecified atom stereocenters. The predicted octanol–water partition coefficient (Wildman–Crippen LogP) is 4.56. The second-order valence-corrected chi connectivity index (χ2v) is 6.86. The van der Waals surface area contributed by atoms with Crippen LogP contribution in [0.3, 0.4) is 0 Å². The summed E-state index contributed by atoms with van der Waals surface area (Å²) in [5.41, 5.74) is 8.32. The summed E-state index contributed by atoms with van der Waals surface area (Å²) in [6, 6.07) is 4.13. The van der Waals surface area contributed by atoms with Crippen molar-refractivity contribution in [1.29, 1.82) is 0 Å². The second kappa shape index (κ2) is 7.61. The molecule has 0 aliphatic heterocycles. The minimum atomic E-state index is -0.447. The highest BCUT2D eigenvalue weighted by Crippen LogP contribution is 2.30. The molecule has 0 aromatic heterocycles. The van der Waals surface area contributed by atoms with Gasteiger partial charge in [0.05, 0.1) is 5.69 Å². The molecule has 1 aliphatic carbocycles. The molecule has 1 aliphatic rings. The van der Waals surface area contributed by atoms with Gasteiger partial charge in [0.2, 0.25) is 0 Å². The average molecular weight is 374 g/mol. The molecule has 1 aromatic carbocycles. The Morgan fingerprint density at radius 2 is 2.05 bits per heavy atom. The number of hydrogen-bond donors (Lipinski definition) is 1. The van der Waals surface area contributed by atoms with Crippen LogP contribution in [0, 0.1) is 0 Å². The first kappa shape index (κ1) is 16.8. The van der Waals surface area contributed by atoms with Gasteiger partial charge in [-0.3, -0.25) is 9.69 Å². The molecule has 0 amide bonds. The van der Waals surface area contributed by atoms with Crippen LogP contribution in [0.15, 0.2) is 16.6 Å². The highest BCUT2D eigenvalue weighted by Gasteiger charge is 2.21. The van der Waals surface area contributed by atoms with Crippen LogP contribution in [0.4, 0.5) is 5.69 Å². The third kappa shape index (κ3) is 4.21. The van der Waals surface area contributed by atoms with E-state index in [-0.39, 0.29) is 0 Å². The third-order valence-electron chi connectivity index (χ3n) is 4.31. The monoisotopic (exact) mass is 372 g/mol. The van der Waals surface area contributed by atoms with E-state index in [1.165, 1.54) is 32.1 Å². The normalized spacial score (nSPS) is 16.4. The van der Waals surface area contributed by atoms with Gasteiger partial charge in [-0.25, -0.2) is 0 Å². The molecular formula is C16H22BrClN2O. The van der Waals surface area contributed by atoms with Crippen molar-refractivity contribution in [3.05, 3.63) is 27.7 Å². The molecule has 21 heavy (non-hydrogen) atoms. The van der Waals surface area contributed by atoms with Crippen LogP contribution < -0.4 is 5.73 Å². The van der Waals surface area contributed by atoms with Crippen LogP contribution in [0.25, 0.3) is 0 Å². The third-order valence-corrected chi connectivity index (χ3v) is 5.19. The van der Waals surface area contributed by atoms with Crippen LogP contribution in [0.5, 0.6) is 0 Å². The highest BCUT2D eigenvalue weighted by molar-refractivity contribution is 9.10. The van der Waals surface area contributed by atoms with Gasteiger partial charge in [-0.15, -0.1) is 0 Å². The van der Waals surface area contributed by atoms with Crippen molar-refractivity contribution in [2.24, 2.45) is 0 Å². The number of halogens is 2. The van der Waals surface area contributed by atoms with E-state index in [2.05, 4.69) is 27.8 Å². The van der Waals surface area contributed by atoms with Crippen LogP contribution in [-0.4, -0.2) is 22.7 Å². The fourth-order valence-electron chi connectivity index (χ4n) is 3.08. The standard InChI is InChI=1S/C16H22BrClN2O/c1-2-20(13-6-4-3-5-7-13)10-12-8-11(16(18)21)9-14(17)15(12)19/h8-9,13H,2-7,10,19H2,1H3. The summed E-state index contributed by atoms with van der Waals surface area (Å²) in [5, 5.41) is -0.447. The molecule has 0 radical (unpaired) electrons. The molecular weight excluding hydrogens is 352 g/mol. The van der Waals surface area contributed by atoms with Gasteiger partial charge in [0.15, 0.2) is 0 Å². The zero-order valence-corrected chi connectivity index (χ0v) is 14.7. The summed E-state index contributed by atoms with van der Waals surface area (Å²) in [6.45, 7) is 3.93. The quantitative estimate of drug-likeness (QED) is 0.607. The minimum absolute atomic E-state index is 0.447. The first-order valence-electron chi connectivity index (χ1n) is 7.54. The van der Waals surface area contributed by atoms with Gasteiger partial charge in [0, 0.05) is 22.6 Å². The summed E-state index contributed by atoms with van der Waals surface area (Å²) < 4.78 is 0.740. The number of nitrogens with zero attached hydrogens (tertiary/aromatic N) is 1. The van der Waals surface area contributed by atoms with E-state index in [0.717, 1.165) is 23.1 Å². The van der Waals surface area contributed by atoms with Crippen molar-refractivity contribution < 1.29 is 4.79 Å².